The summed E-state index contributed by atoms with van der Waals surface area (Å²) in [5.41, 5.74) is -2.00. The monoisotopic (exact) mass is 393 g/mol. The van der Waals surface area contributed by atoms with E-state index in [4.69, 9.17) is 0 Å². The zero-order chi connectivity index (χ0) is 19.7. The number of hydrogen-bond donors (Lipinski definition) is 1. The number of benzene rings is 1. The molecule has 0 aliphatic rings. The van der Waals surface area contributed by atoms with E-state index in [1.54, 1.807) is 0 Å². The molecule has 1 atom stereocenters. The number of amides is 1. The van der Waals surface area contributed by atoms with Gasteiger partial charge < -0.3 is 5.32 Å². The van der Waals surface area contributed by atoms with E-state index < -0.39 is 50.0 Å². The summed E-state index contributed by atoms with van der Waals surface area (Å²) in [6.45, 7) is 1.02. The Morgan fingerprint density at radius 3 is 2.50 bits per heavy atom. The molecule has 0 aliphatic heterocycles. The summed E-state index contributed by atoms with van der Waals surface area (Å²) in [7, 11) is -3.27. The number of alkyl halides is 3. The number of para-hydroxylation sites is 1. The van der Waals surface area contributed by atoms with Gasteiger partial charge in [-0.2, -0.15) is 18.3 Å². The van der Waals surface area contributed by atoms with Crippen molar-refractivity contribution >= 4 is 21.4 Å². The van der Waals surface area contributed by atoms with Gasteiger partial charge in [0.15, 0.2) is 9.84 Å². The van der Waals surface area contributed by atoms with Crippen LogP contribution in [0.4, 0.5) is 23.2 Å². The molecular formula is C15H15F4N3O3S. The second-order valence-corrected chi connectivity index (χ2v) is 7.88. The zero-order valence-electron chi connectivity index (χ0n) is 13.7. The molecule has 6 nitrogen and oxygen atoms in total. The minimum absolute atomic E-state index is 0.225. The van der Waals surface area contributed by atoms with Gasteiger partial charge in [-0.25, -0.2) is 12.8 Å². The minimum atomic E-state index is -4.80. The van der Waals surface area contributed by atoms with Crippen molar-refractivity contribution < 1.29 is 30.8 Å². The second-order valence-electron chi connectivity index (χ2n) is 5.56. The number of sulfone groups is 1. The number of rotatable bonds is 5. The Balaban J connectivity index is 2.23. The van der Waals surface area contributed by atoms with Crippen molar-refractivity contribution in [3.63, 3.8) is 0 Å². The molecule has 1 aromatic carbocycles. The van der Waals surface area contributed by atoms with Gasteiger partial charge in [-0.1, -0.05) is 12.1 Å². The molecular weight excluding hydrogens is 378 g/mol. The molecule has 0 fully saturated rings. The highest BCUT2D eigenvalue weighted by Gasteiger charge is 2.39. The van der Waals surface area contributed by atoms with E-state index in [2.05, 4.69) is 10.4 Å². The summed E-state index contributed by atoms with van der Waals surface area (Å²) < 4.78 is 77.9. The van der Waals surface area contributed by atoms with E-state index in [1.165, 1.54) is 18.2 Å². The first kappa shape index (κ1) is 19.9. The molecule has 0 saturated carbocycles. The largest absolute Gasteiger partial charge is 0.433 e. The maximum Gasteiger partial charge on any atom is 0.433 e. The van der Waals surface area contributed by atoms with Gasteiger partial charge in [0.25, 0.3) is 0 Å². The fraction of sp³-hybridized carbons (Fsp3) is 0.333. The zero-order valence-corrected chi connectivity index (χ0v) is 14.5. The lowest BCUT2D eigenvalue weighted by Gasteiger charge is -2.15. The number of nitrogens with zero attached hydrogens (tertiary/aromatic N) is 2. The summed E-state index contributed by atoms with van der Waals surface area (Å²) in [4.78, 5) is 12.1. The van der Waals surface area contributed by atoms with Crippen LogP contribution in [-0.4, -0.2) is 29.4 Å². The number of hydrogen-bond acceptors (Lipinski definition) is 4. The minimum Gasteiger partial charge on any atom is -0.322 e. The quantitative estimate of drug-likeness (QED) is 0.792. The fourth-order valence-corrected chi connectivity index (χ4v) is 3.54. The topological polar surface area (TPSA) is 81.1 Å². The molecule has 11 heteroatoms. The van der Waals surface area contributed by atoms with Gasteiger partial charge in [0.2, 0.25) is 5.91 Å². The predicted octanol–water partition coefficient (Wildman–Crippen LogP) is 2.52. The molecule has 1 heterocycles. The molecule has 0 radical (unpaired) electrons. The molecule has 0 spiro atoms. The first-order valence-corrected chi connectivity index (χ1v) is 9.00. The SMILES string of the molecule is C[C@@H](C(=O)Nc1ccccc1F)S(=O)(=O)Cc1cnn(C)c1C(F)(F)F. The van der Waals surface area contributed by atoms with Crippen LogP contribution in [0.25, 0.3) is 0 Å². The Bertz CT molecular complexity index is 922. The Morgan fingerprint density at radius 2 is 1.92 bits per heavy atom. The predicted molar refractivity (Wildman–Crippen MR) is 85.3 cm³/mol. The molecule has 1 aromatic heterocycles. The highest BCUT2D eigenvalue weighted by molar-refractivity contribution is 7.92. The molecule has 0 aliphatic carbocycles. The lowest BCUT2D eigenvalue weighted by Crippen LogP contribution is -2.34. The number of nitrogens with one attached hydrogen (secondary N) is 1. The van der Waals surface area contributed by atoms with E-state index in [-0.39, 0.29) is 5.69 Å². The smallest absolute Gasteiger partial charge is 0.322 e. The van der Waals surface area contributed by atoms with Gasteiger partial charge in [0.1, 0.15) is 16.8 Å². The molecule has 26 heavy (non-hydrogen) atoms. The third kappa shape index (κ3) is 4.21. The van der Waals surface area contributed by atoms with Crippen LogP contribution in [-0.2, 0) is 33.6 Å². The Hall–Kier alpha value is -2.43. The average Bonchev–Trinajstić information content (AvgIpc) is 2.88. The van der Waals surface area contributed by atoms with Crippen LogP contribution in [0.1, 0.15) is 18.2 Å². The number of aryl methyl sites for hydroxylation is 1. The molecule has 0 unspecified atom stereocenters. The Morgan fingerprint density at radius 1 is 1.31 bits per heavy atom. The van der Waals surface area contributed by atoms with Crippen LogP contribution in [0, 0.1) is 5.82 Å². The third-order valence-corrected chi connectivity index (χ3v) is 5.68. The van der Waals surface area contributed by atoms with Crippen LogP contribution in [0.15, 0.2) is 30.5 Å². The highest BCUT2D eigenvalue weighted by atomic mass is 32.2. The van der Waals surface area contributed by atoms with Crippen molar-refractivity contribution in [2.24, 2.45) is 7.05 Å². The average molecular weight is 393 g/mol. The van der Waals surface area contributed by atoms with Gasteiger partial charge in [0.05, 0.1) is 17.6 Å². The maximum absolute atomic E-state index is 13.5. The van der Waals surface area contributed by atoms with E-state index in [0.29, 0.717) is 4.68 Å². The molecule has 0 bridgehead atoms. The molecule has 142 valence electrons. The normalized spacial score (nSPS) is 13.5. The number of halogens is 4. The standard InChI is InChI=1S/C15H15F4N3O3S/c1-9(14(23)21-12-6-4-3-5-11(12)16)26(24,25)8-10-7-20-22(2)13(10)15(17,18)19/h3-7,9H,8H2,1-2H3,(H,21,23)/t9-/m0/s1. The van der Waals surface area contributed by atoms with E-state index in [9.17, 15) is 30.8 Å². The first-order chi connectivity index (χ1) is 11.9. The van der Waals surface area contributed by atoms with Crippen LogP contribution in [0.5, 0.6) is 0 Å². The lowest BCUT2D eigenvalue weighted by molar-refractivity contribution is -0.144. The lowest BCUT2D eigenvalue weighted by atomic mass is 10.3. The Labute approximate surface area is 146 Å². The van der Waals surface area contributed by atoms with Gasteiger partial charge >= 0.3 is 6.18 Å². The summed E-state index contributed by atoms with van der Waals surface area (Å²) in [5.74, 6) is -2.84. The van der Waals surface area contributed by atoms with Gasteiger partial charge in [-0.3, -0.25) is 9.48 Å². The molecule has 0 saturated heterocycles. The fourth-order valence-electron chi connectivity index (χ4n) is 2.26. The summed E-state index contributed by atoms with van der Waals surface area (Å²) in [6.07, 6.45) is -4.00. The highest BCUT2D eigenvalue weighted by Crippen LogP contribution is 2.32. The van der Waals surface area contributed by atoms with Gasteiger partial charge in [-0.15, -0.1) is 0 Å². The van der Waals surface area contributed by atoms with Gasteiger partial charge in [0, 0.05) is 12.6 Å². The number of carbonyl (C=O) groups is 1. The van der Waals surface area contributed by atoms with Crippen LogP contribution in [0.3, 0.4) is 0 Å². The van der Waals surface area contributed by atoms with E-state index in [0.717, 1.165) is 26.2 Å². The number of anilines is 1. The van der Waals surface area contributed by atoms with E-state index >= 15 is 0 Å². The molecule has 1 N–H and O–H groups in total. The van der Waals surface area contributed by atoms with Crippen LogP contribution >= 0.6 is 0 Å². The summed E-state index contributed by atoms with van der Waals surface area (Å²) in [5, 5.41) is 3.86. The second kappa shape index (κ2) is 7.06. The van der Waals surface area contributed by atoms with Crippen molar-refractivity contribution in [2.75, 3.05) is 5.32 Å². The maximum atomic E-state index is 13.5. The van der Waals surface area contributed by atoms with Crippen molar-refractivity contribution in [1.29, 1.82) is 0 Å². The molecule has 2 rings (SSSR count). The van der Waals surface area contributed by atoms with Crippen molar-refractivity contribution in [1.82, 2.24) is 9.78 Å². The third-order valence-electron chi connectivity index (χ3n) is 3.68. The van der Waals surface area contributed by atoms with Crippen molar-refractivity contribution in [2.45, 2.75) is 24.1 Å². The summed E-state index contributed by atoms with van der Waals surface area (Å²) in [6, 6.07) is 5.12. The molecule has 1 amide bonds. The van der Waals surface area contributed by atoms with E-state index in [1.807, 2.05) is 0 Å². The van der Waals surface area contributed by atoms with Crippen molar-refractivity contribution in [3.8, 4) is 0 Å². The Kier molecular flexibility index (Phi) is 5.40. The first-order valence-electron chi connectivity index (χ1n) is 7.28. The van der Waals surface area contributed by atoms with Crippen LogP contribution < -0.4 is 5.32 Å². The summed E-state index contributed by atoms with van der Waals surface area (Å²) >= 11 is 0. The van der Waals surface area contributed by atoms with Gasteiger partial charge in [-0.05, 0) is 19.1 Å². The van der Waals surface area contributed by atoms with Crippen LogP contribution in [0.2, 0.25) is 0 Å². The number of aromatic nitrogens is 2. The number of carbonyl (C=O) groups excluding carboxylic acids is 1. The van der Waals surface area contributed by atoms with Crippen molar-refractivity contribution in [3.05, 3.63) is 47.5 Å². The molecule has 2 aromatic rings.